The predicted molar refractivity (Wildman–Crippen MR) is 108 cm³/mol. The fraction of sp³-hybridized carbons (Fsp3) is 0.500. The van der Waals surface area contributed by atoms with Gasteiger partial charge in [-0.25, -0.2) is 0 Å². The van der Waals surface area contributed by atoms with Gasteiger partial charge >= 0.3 is 0 Å². The molecule has 0 bridgehead atoms. The molecule has 1 nitrogen and oxygen atoms in total. The maximum absolute atomic E-state index is 8.99. The smallest absolute Gasteiger partial charge is 0.0431 e. The van der Waals surface area contributed by atoms with Gasteiger partial charge in [-0.2, -0.15) is 0 Å². The Hall–Kier alpha value is -1.60. The number of benzene rings is 2. The molecule has 0 saturated heterocycles. The van der Waals surface area contributed by atoms with E-state index in [9.17, 15) is 0 Å². The lowest BCUT2D eigenvalue weighted by Gasteiger charge is -2.20. The minimum absolute atomic E-state index is 0.325. The van der Waals surface area contributed by atoms with Gasteiger partial charge in [0, 0.05) is 6.61 Å². The lowest BCUT2D eigenvalue weighted by atomic mass is 9.85. The first-order chi connectivity index (χ1) is 12.3. The number of unbranched alkanes of at least 4 members (excludes halogenated alkanes) is 2. The molecule has 0 aliphatic carbocycles. The van der Waals surface area contributed by atoms with Crippen LogP contribution in [-0.4, -0.2) is 11.7 Å². The largest absolute Gasteiger partial charge is 0.396 e. The summed E-state index contributed by atoms with van der Waals surface area (Å²) >= 11 is 0. The van der Waals surface area contributed by atoms with Gasteiger partial charge in [0.25, 0.3) is 0 Å². The molecule has 0 spiro atoms. The molecule has 0 aliphatic heterocycles. The van der Waals surface area contributed by atoms with Crippen molar-refractivity contribution in [1.82, 2.24) is 0 Å². The third-order valence-corrected chi connectivity index (χ3v) is 5.35. The highest BCUT2D eigenvalue weighted by atomic mass is 16.2. The van der Waals surface area contributed by atoms with E-state index in [1.54, 1.807) is 0 Å². The Kier molecular flexibility index (Phi) is 9.36. The van der Waals surface area contributed by atoms with E-state index in [4.69, 9.17) is 5.11 Å². The second-order valence-electron chi connectivity index (χ2n) is 7.13. The molecule has 0 radical (unpaired) electrons. The van der Waals surface area contributed by atoms with Gasteiger partial charge in [0.2, 0.25) is 0 Å². The van der Waals surface area contributed by atoms with Gasteiger partial charge in [-0.3, -0.25) is 0 Å². The van der Waals surface area contributed by atoms with Crippen LogP contribution in [0.15, 0.2) is 60.7 Å². The molecular formula is C24H34O. The monoisotopic (exact) mass is 338 g/mol. The van der Waals surface area contributed by atoms with Crippen molar-refractivity contribution in [1.29, 1.82) is 0 Å². The van der Waals surface area contributed by atoms with Crippen LogP contribution in [0.2, 0.25) is 0 Å². The summed E-state index contributed by atoms with van der Waals surface area (Å²) in [6.45, 7) is 2.63. The fourth-order valence-electron chi connectivity index (χ4n) is 3.82. The van der Waals surface area contributed by atoms with Gasteiger partial charge in [0.05, 0.1) is 0 Å². The lowest BCUT2D eigenvalue weighted by molar-refractivity contribution is 0.281. The van der Waals surface area contributed by atoms with Gasteiger partial charge in [0.15, 0.2) is 0 Å². The maximum atomic E-state index is 8.99. The average molecular weight is 339 g/mol. The van der Waals surface area contributed by atoms with Gasteiger partial charge in [-0.15, -0.1) is 0 Å². The molecule has 0 fully saturated rings. The Labute approximate surface area is 154 Å². The second-order valence-corrected chi connectivity index (χ2v) is 7.13. The third-order valence-electron chi connectivity index (χ3n) is 5.35. The molecule has 2 rings (SSSR count). The van der Waals surface area contributed by atoms with E-state index in [1.807, 2.05) is 0 Å². The van der Waals surface area contributed by atoms with E-state index < -0.39 is 0 Å². The lowest BCUT2D eigenvalue weighted by Crippen LogP contribution is -2.02. The fourth-order valence-corrected chi connectivity index (χ4v) is 3.82. The van der Waals surface area contributed by atoms with Crippen molar-refractivity contribution >= 4 is 0 Å². The van der Waals surface area contributed by atoms with E-state index in [-0.39, 0.29) is 0 Å². The van der Waals surface area contributed by atoms with Crippen LogP contribution in [-0.2, 0) is 0 Å². The van der Waals surface area contributed by atoms with Crippen molar-refractivity contribution < 1.29 is 5.11 Å². The van der Waals surface area contributed by atoms with Crippen LogP contribution in [0.3, 0.4) is 0 Å². The second kappa shape index (κ2) is 11.9. The third kappa shape index (κ3) is 7.04. The average Bonchev–Trinajstić information content (AvgIpc) is 2.68. The summed E-state index contributed by atoms with van der Waals surface area (Å²) in [6, 6.07) is 22.0. The molecule has 0 aromatic heterocycles. The van der Waals surface area contributed by atoms with Crippen molar-refractivity contribution in [2.45, 2.75) is 70.1 Å². The standard InChI is InChI=1S/C24H34O/c1-2-21(22-13-6-3-7-14-22)18-12-19-24(17-10-5-11-20-25)23-15-8-4-9-16-23/h3-4,6-9,13-16,21,24-25H,2,5,10-12,17-20H2,1H3. The van der Waals surface area contributed by atoms with Crippen LogP contribution in [0.5, 0.6) is 0 Å². The van der Waals surface area contributed by atoms with Crippen LogP contribution in [0, 0.1) is 0 Å². The molecule has 2 aromatic rings. The van der Waals surface area contributed by atoms with Crippen LogP contribution in [0.25, 0.3) is 0 Å². The van der Waals surface area contributed by atoms with Gasteiger partial charge in [-0.05, 0) is 55.1 Å². The Balaban J connectivity index is 1.87. The molecule has 0 amide bonds. The molecule has 1 heteroatoms. The number of hydrogen-bond donors (Lipinski definition) is 1. The Bertz CT molecular complexity index is 549. The summed E-state index contributed by atoms with van der Waals surface area (Å²) in [7, 11) is 0. The highest BCUT2D eigenvalue weighted by Gasteiger charge is 2.14. The summed E-state index contributed by atoms with van der Waals surface area (Å²) in [5.74, 6) is 1.35. The number of rotatable bonds is 12. The number of aliphatic hydroxyl groups is 1. The molecule has 136 valence electrons. The first kappa shape index (κ1) is 19.7. The summed E-state index contributed by atoms with van der Waals surface area (Å²) in [6.07, 6.45) is 9.59. The van der Waals surface area contributed by atoms with Crippen molar-refractivity contribution in [2.75, 3.05) is 6.61 Å². The van der Waals surface area contributed by atoms with E-state index in [0.29, 0.717) is 18.4 Å². The van der Waals surface area contributed by atoms with Gasteiger partial charge < -0.3 is 5.11 Å². The Morgan fingerprint density at radius 2 is 1.16 bits per heavy atom. The minimum Gasteiger partial charge on any atom is -0.396 e. The highest BCUT2D eigenvalue weighted by molar-refractivity contribution is 5.20. The van der Waals surface area contributed by atoms with Crippen molar-refractivity contribution in [3.05, 3.63) is 71.8 Å². The normalized spacial score (nSPS) is 13.5. The van der Waals surface area contributed by atoms with Crippen molar-refractivity contribution in [2.24, 2.45) is 0 Å². The zero-order chi connectivity index (χ0) is 17.7. The molecule has 2 aromatic carbocycles. The van der Waals surface area contributed by atoms with Gasteiger partial charge in [-0.1, -0.05) is 86.8 Å². The van der Waals surface area contributed by atoms with E-state index in [0.717, 1.165) is 12.8 Å². The quantitative estimate of drug-likeness (QED) is 0.428. The molecule has 0 saturated carbocycles. The van der Waals surface area contributed by atoms with Crippen LogP contribution in [0.1, 0.15) is 81.3 Å². The zero-order valence-corrected chi connectivity index (χ0v) is 15.7. The van der Waals surface area contributed by atoms with Crippen molar-refractivity contribution in [3.63, 3.8) is 0 Å². The van der Waals surface area contributed by atoms with Crippen LogP contribution in [0.4, 0.5) is 0 Å². The SMILES string of the molecule is CCC(CCCC(CCCCCO)c1ccccc1)c1ccccc1. The molecule has 0 heterocycles. The molecule has 2 atom stereocenters. The summed E-state index contributed by atoms with van der Waals surface area (Å²) < 4.78 is 0. The molecular weight excluding hydrogens is 304 g/mol. The first-order valence-electron chi connectivity index (χ1n) is 10.1. The van der Waals surface area contributed by atoms with E-state index in [1.165, 1.54) is 49.7 Å². The summed E-state index contributed by atoms with van der Waals surface area (Å²) in [4.78, 5) is 0. The predicted octanol–water partition coefficient (Wildman–Crippen LogP) is 6.69. The highest BCUT2D eigenvalue weighted by Crippen LogP contribution is 2.31. The Morgan fingerprint density at radius 3 is 1.72 bits per heavy atom. The number of hydrogen-bond acceptors (Lipinski definition) is 1. The van der Waals surface area contributed by atoms with Crippen molar-refractivity contribution in [3.8, 4) is 0 Å². The topological polar surface area (TPSA) is 20.2 Å². The van der Waals surface area contributed by atoms with E-state index >= 15 is 0 Å². The first-order valence-corrected chi connectivity index (χ1v) is 10.1. The molecule has 2 unspecified atom stereocenters. The summed E-state index contributed by atoms with van der Waals surface area (Å²) in [5, 5.41) is 8.99. The van der Waals surface area contributed by atoms with Gasteiger partial charge in [0.1, 0.15) is 0 Å². The number of aliphatic hydroxyl groups excluding tert-OH is 1. The van der Waals surface area contributed by atoms with E-state index in [2.05, 4.69) is 67.6 Å². The summed E-state index contributed by atoms with van der Waals surface area (Å²) in [5.41, 5.74) is 2.98. The maximum Gasteiger partial charge on any atom is 0.0431 e. The molecule has 0 aliphatic rings. The molecule has 25 heavy (non-hydrogen) atoms. The van der Waals surface area contributed by atoms with Crippen LogP contribution < -0.4 is 0 Å². The Morgan fingerprint density at radius 1 is 0.640 bits per heavy atom. The molecule has 1 N–H and O–H groups in total. The minimum atomic E-state index is 0.325. The zero-order valence-electron chi connectivity index (χ0n) is 15.7. The van der Waals surface area contributed by atoms with Crippen LogP contribution >= 0.6 is 0 Å².